The highest BCUT2D eigenvalue weighted by molar-refractivity contribution is 7.99. The van der Waals surface area contributed by atoms with Crippen LogP contribution in [-0.4, -0.2) is 38.1 Å². The van der Waals surface area contributed by atoms with Gasteiger partial charge in [0.2, 0.25) is 5.16 Å². The first-order valence-corrected chi connectivity index (χ1v) is 8.89. The maximum absolute atomic E-state index is 11.2. The predicted octanol–water partition coefficient (Wildman–Crippen LogP) is 1.97. The molecule has 0 unspecified atom stereocenters. The molecule has 0 bridgehead atoms. The molecule has 128 valence electrons. The molecule has 0 aliphatic carbocycles. The van der Waals surface area contributed by atoms with Gasteiger partial charge in [0, 0.05) is 6.07 Å². The van der Waals surface area contributed by atoms with Crippen LogP contribution in [-0.2, 0) is 10.1 Å². The van der Waals surface area contributed by atoms with Gasteiger partial charge in [-0.3, -0.25) is 14.7 Å². The van der Waals surface area contributed by atoms with Gasteiger partial charge in [-0.1, -0.05) is 18.2 Å². The summed E-state index contributed by atoms with van der Waals surface area (Å²) in [5.74, 6) is 0. The quantitative estimate of drug-likeness (QED) is 0.400. The van der Waals surface area contributed by atoms with Gasteiger partial charge in [-0.05, 0) is 46.5 Å². The number of hydrogen-bond acceptors (Lipinski definition) is 8. The van der Waals surface area contributed by atoms with Gasteiger partial charge in [0.05, 0.1) is 15.5 Å². The second-order valence-corrected chi connectivity index (χ2v) is 7.10. The van der Waals surface area contributed by atoms with Crippen LogP contribution in [0.5, 0.6) is 0 Å². The summed E-state index contributed by atoms with van der Waals surface area (Å²) in [6.45, 7) is 0. The summed E-state index contributed by atoms with van der Waals surface area (Å²) in [6.07, 6.45) is 0. The van der Waals surface area contributed by atoms with Crippen molar-refractivity contribution in [2.45, 2.75) is 14.9 Å². The van der Waals surface area contributed by atoms with Crippen molar-refractivity contribution in [1.29, 1.82) is 0 Å². The lowest BCUT2D eigenvalue weighted by atomic mass is 10.3. The first-order chi connectivity index (χ1) is 11.9. The van der Waals surface area contributed by atoms with E-state index in [9.17, 15) is 18.5 Å². The number of aromatic nitrogens is 4. The van der Waals surface area contributed by atoms with E-state index in [2.05, 4.69) is 15.5 Å². The second kappa shape index (κ2) is 6.58. The third-order valence-corrected chi connectivity index (χ3v) is 4.92. The summed E-state index contributed by atoms with van der Waals surface area (Å²) in [5, 5.41) is 22.7. The van der Waals surface area contributed by atoms with Crippen LogP contribution in [0.25, 0.3) is 5.69 Å². The normalized spacial score (nSPS) is 11.4. The number of nitro groups is 1. The number of nitrogens with zero attached hydrogens (tertiary/aromatic N) is 5. The highest BCUT2D eigenvalue weighted by Crippen LogP contribution is 2.35. The Hall–Kier alpha value is -2.83. The fraction of sp³-hybridized carbons (Fsp3) is 0. The van der Waals surface area contributed by atoms with Crippen molar-refractivity contribution < 1.29 is 17.9 Å². The standard InChI is InChI=1S/C13H9N5O5S2/c19-18(20)11-8-10(25(21,22)23)6-7-12(11)24-13-14-15-16-17(13)9-4-2-1-3-5-9/h1-8H,(H,21,22,23). The molecule has 0 amide bonds. The van der Waals surface area contributed by atoms with E-state index in [0.717, 1.165) is 23.9 Å². The summed E-state index contributed by atoms with van der Waals surface area (Å²) in [4.78, 5) is 10.1. The zero-order chi connectivity index (χ0) is 18.0. The van der Waals surface area contributed by atoms with Gasteiger partial charge in [0.25, 0.3) is 15.8 Å². The molecule has 0 atom stereocenters. The Morgan fingerprint density at radius 1 is 1.16 bits per heavy atom. The van der Waals surface area contributed by atoms with Crippen LogP contribution in [0.3, 0.4) is 0 Å². The Balaban J connectivity index is 2.02. The molecular formula is C13H9N5O5S2. The van der Waals surface area contributed by atoms with Gasteiger partial charge in [0.1, 0.15) is 4.90 Å². The van der Waals surface area contributed by atoms with E-state index < -0.39 is 25.6 Å². The topological polar surface area (TPSA) is 141 Å². The minimum absolute atomic E-state index is 0.129. The van der Waals surface area contributed by atoms with Crippen molar-refractivity contribution in [3.05, 3.63) is 58.6 Å². The lowest BCUT2D eigenvalue weighted by molar-refractivity contribution is -0.388. The monoisotopic (exact) mass is 379 g/mol. The van der Waals surface area contributed by atoms with Gasteiger partial charge in [-0.15, -0.1) is 5.10 Å². The Morgan fingerprint density at radius 2 is 1.88 bits per heavy atom. The third-order valence-electron chi connectivity index (χ3n) is 3.07. The SMILES string of the molecule is O=[N+]([O-])c1cc(S(=O)(=O)O)ccc1Sc1nnnn1-c1ccccc1. The molecule has 25 heavy (non-hydrogen) atoms. The second-order valence-electron chi connectivity index (χ2n) is 4.67. The third kappa shape index (κ3) is 3.65. The Bertz CT molecular complexity index is 1040. The Kier molecular flexibility index (Phi) is 4.48. The van der Waals surface area contributed by atoms with E-state index in [1.807, 2.05) is 6.07 Å². The molecule has 2 aromatic carbocycles. The highest BCUT2D eigenvalue weighted by atomic mass is 32.2. The number of hydrogen-bond donors (Lipinski definition) is 1. The van der Waals surface area contributed by atoms with Crippen LogP contribution in [0.1, 0.15) is 0 Å². The van der Waals surface area contributed by atoms with Crippen LogP contribution < -0.4 is 0 Å². The van der Waals surface area contributed by atoms with Crippen molar-refractivity contribution in [3.63, 3.8) is 0 Å². The van der Waals surface area contributed by atoms with E-state index in [1.165, 1.54) is 10.7 Å². The molecule has 1 aromatic heterocycles. The van der Waals surface area contributed by atoms with Crippen molar-refractivity contribution in [2.75, 3.05) is 0 Å². The maximum Gasteiger partial charge on any atom is 0.294 e. The van der Waals surface area contributed by atoms with Gasteiger partial charge in [-0.2, -0.15) is 13.1 Å². The largest absolute Gasteiger partial charge is 0.294 e. The lowest BCUT2D eigenvalue weighted by Crippen LogP contribution is -2.01. The summed E-state index contributed by atoms with van der Waals surface area (Å²) in [6, 6.07) is 12.0. The van der Waals surface area contributed by atoms with Crippen LogP contribution in [0.4, 0.5) is 5.69 Å². The highest BCUT2D eigenvalue weighted by Gasteiger charge is 2.22. The molecular weight excluding hydrogens is 370 g/mol. The molecule has 3 aromatic rings. The number of para-hydroxylation sites is 1. The summed E-state index contributed by atoms with van der Waals surface area (Å²) in [5.41, 5.74) is 0.176. The van der Waals surface area contributed by atoms with E-state index >= 15 is 0 Å². The van der Waals surface area contributed by atoms with E-state index in [1.54, 1.807) is 24.3 Å². The molecule has 0 fully saturated rings. The average molecular weight is 379 g/mol. The zero-order valence-corrected chi connectivity index (χ0v) is 13.9. The van der Waals surface area contributed by atoms with Gasteiger partial charge >= 0.3 is 0 Å². The van der Waals surface area contributed by atoms with Crippen LogP contribution in [0.15, 0.2) is 63.5 Å². The molecule has 0 saturated carbocycles. The smallest absolute Gasteiger partial charge is 0.282 e. The van der Waals surface area contributed by atoms with Gasteiger partial charge < -0.3 is 0 Å². The van der Waals surface area contributed by atoms with Crippen molar-refractivity contribution in [3.8, 4) is 5.69 Å². The van der Waals surface area contributed by atoms with Crippen molar-refractivity contribution in [1.82, 2.24) is 20.2 Å². The van der Waals surface area contributed by atoms with E-state index in [-0.39, 0.29) is 10.1 Å². The Morgan fingerprint density at radius 3 is 2.52 bits per heavy atom. The van der Waals surface area contributed by atoms with Crippen LogP contribution in [0.2, 0.25) is 0 Å². The minimum atomic E-state index is -4.55. The molecule has 12 heteroatoms. The van der Waals surface area contributed by atoms with Crippen molar-refractivity contribution in [2.24, 2.45) is 0 Å². The molecule has 10 nitrogen and oxygen atoms in total. The molecule has 1 heterocycles. The average Bonchev–Trinajstić information content (AvgIpc) is 3.03. The number of rotatable bonds is 5. The van der Waals surface area contributed by atoms with Crippen LogP contribution in [0, 0.1) is 10.1 Å². The molecule has 3 rings (SSSR count). The fourth-order valence-corrected chi connectivity index (χ4v) is 3.34. The van der Waals surface area contributed by atoms with Crippen molar-refractivity contribution >= 4 is 27.6 Å². The molecule has 0 spiro atoms. The first-order valence-electron chi connectivity index (χ1n) is 6.64. The first kappa shape index (κ1) is 17.0. The summed E-state index contributed by atoms with van der Waals surface area (Å²) < 4.78 is 32.8. The van der Waals surface area contributed by atoms with Gasteiger partial charge in [-0.25, -0.2) is 0 Å². The Labute approximate surface area is 145 Å². The van der Waals surface area contributed by atoms with E-state index in [4.69, 9.17) is 4.55 Å². The minimum Gasteiger partial charge on any atom is -0.282 e. The van der Waals surface area contributed by atoms with E-state index in [0.29, 0.717) is 5.69 Å². The van der Waals surface area contributed by atoms with Gasteiger partial charge in [0.15, 0.2) is 0 Å². The van der Waals surface area contributed by atoms with Crippen LogP contribution >= 0.6 is 11.8 Å². The predicted molar refractivity (Wildman–Crippen MR) is 86.2 cm³/mol. The molecule has 0 radical (unpaired) electrons. The summed E-state index contributed by atoms with van der Waals surface area (Å²) >= 11 is 0.899. The lowest BCUT2D eigenvalue weighted by Gasteiger charge is -2.05. The molecule has 0 saturated heterocycles. The fourth-order valence-electron chi connectivity index (χ4n) is 1.96. The number of nitro benzene ring substituents is 1. The number of tetrazole rings is 1. The molecule has 0 aliphatic heterocycles. The molecule has 1 N–H and O–H groups in total. The maximum atomic E-state index is 11.2. The summed E-state index contributed by atoms with van der Waals surface area (Å²) in [7, 11) is -4.55. The zero-order valence-electron chi connectivity index (χ0n) is 12.3. The number of benzene rings is 2. The molecule has 0 aliphatic rings.